The Labute approximate surface area is 70.3 Å². The van der Waals surface area contributed by atoms with Gasteiger partial charge in [-0.2, -0.15) is 0 Å². The molecule has 1 N–H and O–H groups in total. The predicted molar refractivity (Wildman–Crippen MR) is 40.4 cm³/mol. The molecule has 2 fully saturated rings. The minimum atomic E-state index is -2.60. The summed E-state index contributed by atoms with van der Waals surface area (Å²) in [5, 5.41) is 3.10. The Morgan fingerprint density at radius 3 is 2.67 bits per heavy atom. The molecule has 2 rings (SSSR count). The number of alkyl halides is 2. The molecule has 1 spiro atoms. The quantitative estimate of drug-likeness (QED) is 0.599. The number of halogens is 2. The van der Waals surface area contributed by atoms with Gasteiger partial charge in [0.15, 0.2) is 0 Å². The fraction of sp³-hybridized carbons (Fsp3) is 1.00. The van der Waals surface area contributed by atoms with E-state index in [-0.39, 0.29) is 6.42 Å². The van der Waals surface area contributed by atoms with Crippen LogP contribution in [0.1, 0.15) is 19.3 Å². The van der Waals surface area contributed by atoms with Gasteiger partial charge in [0.25, 0.3) is 5.92 Å². The molecule has 0 aliphatic carbocycles. The maximum absolute atomic E-state index is 12.8. The molecule has 0 aromatic rings. The SMILES string of the molecule is FC1(F)COC2(CCCNC2)C1. The van der Waals surface area contributed by atoms with E-state index >= 15 is 0 Å². The minimum Gasteiger partial charge on any atom is -0.367 e. The highest BCUT2D eigenvalue weighted by molar-refractivity contribution is 4.96. The van der Waals surface area contributed by atoms with Crippen molar-refractivity contribution in [2.24, 2.45) is 0 Å². The molecule has 2 aliphatic rings. The highest BCUT2D eigenvalue weighted by Crippen LogP contribution is 2.40. The van der Waals surface area contributed by atoms with Gasteiger partial charge in [-0.05, 0) is 19.4 Å². The van der Waals surface area contributed by atoms with Crippen LogP contribution in [-0.2, 0) is 4.74 Å². The molecule has 0 saturated carbocycles. The second kappa shape index (κ2) is 2.64. The van der Waals surface area contributed by atoms with E-state index in [4.69, 9.17) is 4.74 Å². The molecule has 12 heavy (non-hydrogen) atoms. The van der Waals surface area contributed by atoms with Crippen molar-refractivity contribution in [1.82, 2.24) is 5.32 Å². The van der Waals surface area contributed by atoms with Gasteiger partial charge in [0.2, 0.25) is 0 Å². The Kier molecular flexibility index (Phi) is 1.84. The van der Waals surface area contributed by atoms with Crippen LogP contribution in [0.2, 0.25) is 0 Å². The summed E-state index contributed by atoms with van der Waals surface area (Å²) in [6, 6.07) is 0. The Morgan fingerprint density at radius 1 is 1.33 bits per heavy atom. The molecular formula is C8H13F2NO. The standard InChI is InChI=1S/C8H13F2NO/c9-8(10)4-7(12-6-8)2-1-3-11-5-7/h11H,1-6H2. The van der Waals surface area contributed by atoms with Crippen molar-refractivity contribution in [1.29, 1.82) is 0 Å². The van der Waals surface area contributed by atoms with Gasteiger partial charge in [0.05, 0.1) is 5.60 Å². The number of nitrogens with one attached hydrogen (secondary N) is 1. The summed E-state index contributed by atoms with van der Waals surface area (Å²) in [6.45, 7) is 1.12. The van der Waals surface area contributed by atoms with Crippen molar-refractivity contribution in [2.45, 2.75) is 30.8 Å². The average molecular weight is 177 g/mol. The fourth-order valence-corrected chi connectivity index (χ4v) is 2.05. The largest absolute Gasteiger partial charge is 0.367 e. The zero-order valence-electron chi connectivity index (χ0n) is 6.91. The number of ether oxygens (including phenoxy) is 1. The third-order valence-electron chi connectivity index (χ3n) is 2.60. The molecule has 0 radical (unpaired) electrons. The lowest BCUT2D eigenvalue weighted by Crippen LogP contribution is -2.45. The lowest BCUT2D eigenvalue weighted by Gasteiger charge is -2.32. The van der Waals surface area contributed by atoms with Crippen LogP contribution >= 0.6 is 0 Å². The van der Waals surface area contributed by atoms with Gasteiger partial charge in [-0.15, -0.1) is 0 Å². The summed E-state index contributed by atoms with van der Waals surface area (Å²) in [5.41, 5.74) is -0.554. The van der Waals surface area contributed by atoms with Crippen LogP contribution in [0.15, 0.2) is 0 Å². The Balaban J connectivity index is 2.03. The van der Waals surface area contributed by atoms with Crippen LogP contribution in [0.25, 0.3) is 0 Å². The van der Waals surface area contributed by atoms with E-state index in [2.05, 4.69) is 5.32 Å². The topological polar surface area (TPSA) is 21.3 Å². The van der Waals surface area contributed by atoms with Gasteiger partial charge >= 0.3 is 0 Å². The zero-order chi connectivity index (χ0) is 8.66. The molecule has 2 saturated heterocycles. The van der Waals surface area contributed by atoms with Crippen molar-refractivity contribution in [3.05, 3.63) is 0 Å². The third-order valence-corrected chi connectivity index (χ3v) is 2.60. The molecule has 0 amide bonds. The van der Waals surface area contributed by atoms with Crippen LogP contribution < -0.4 is 5.32 Å². The van der Waals surface area contributed by atoms with Crippen molar-refractivity contribution in [3.63, 3.8) is 0 Å². The minimum absolute atomic E-state index is 0.104. The highest BCUT2D eigenvalue weighted by atomic mass is 19.3. The molecule has 2 aliphatic heterocycles. The van der Waals surface area contributed by atoms with E-state index in [1.54, 1.807) is 0 Å². The molecule has 1 atom stereocenters. The van der Waals surface area contributed by atoms with Crippen LogP contribution in [-0.4, -0.2) is 31.2 Å². The lowest BCUT2D eigenvalue weighted by atomic mass is 9.90. The van der Waals surface area contributed by atoms with Gasteiger partial charge in [0, 0.05) is 13.0 Å². The van der Waals surface area contributed by atoms with E-state index in [1.165, 1.54) is 0 Å². The van der Waals surface area contributed by atoms with E-state index in [1.807, 2.05) is 0 Å². The number of hydrogen-bond donors (Lipinski definition) is 1. The van der Waals surface area contributed by atoms with Gasteiger partial charge in [0.1, 0.15) is 6.61 Å². The molecule has 1 unspecified atom stereocenters. The maximum atomic E-state index is 12.8. The first-order valence-electron chi connectivity index (χ1n) is 4.35. The van der Waals surface area contributed by atoms with E-state index < -0.39 is 18.1 Å². The van der Waals surface area contributed by atoms with Crippen LogP contribution in [0.3, 0.4) is 0 Å². The van der Waals surface area contributed by atoms with Crippen LogP contribution in [0, 0.1) is 0 Å². The molecule has 4 heteroatoms. The monoisotopic (exact) mass is 177 g/mol. The fourth-order valence-electron chi connectivity index (χ4n) is 2.05. The number of hydrogen-bond acceptors (Lipinski definition) is 2. The second-order valence-corrected chi connectivity index (χ2v) is 3.78. The molecule has 2 nitrogen and oxygen atoms in total. The van der Waals surface area contributed by atoms with Gasteiger partial charge in [-0.1, -0.05) is 0 Å². The molecule has 70 valence electrons. The Morgan fingerprint density at radius 2 is 2.17 bits per heavy atom. The first-order valence-corrected chi connectivity index (χ1v) is 4.35. The van der Waals surface area contributed by atoms with E-state index in [0.717, 1.165) is 19.4 Å². The normalized spacial score (nSPS) is 40.5. The number of piperidine rings is 1. The van der Waals surface area contributed by atoms with Crippen molar-refractivity contribution < 1.29 is 13.5 Å². The van der Waals surface area contributed by atoms with Gasteiger partial charge in [-0.3, -0.25) is 0 Å². The first kappa shape index (κ1) is 8.38. The Bertz CT molecular complexity index is 178. The highest BCUT2D eigenvalue weighted by Gasteiger charge is 2.50. The summed E-state index contributed by atoms with van der Waals surface area (Å²) < 4.78 is 30.8. The summed E-state index contributed by atoms with van der Waals surface area (Å²) in [7, 11) is 0. The lowest BCUT2D eigenvalue weighted by molar-refractivity contribution is -0.0314. The maximum Gasteiger partial charge on any atom is 0.273 e. The Hall–Kier alpha value is -0.220. The summed E-state index contributed by atoms with van der Waals surface area (Å²) in [5.74, 6) is -2.60. The number of rotatable bonds is 0. The molecule has 0 aromatic carbocycles. The molecular weight excluding hydrogens is 164 g/mol. The van der Waals surface area contributed by atoms with Gasteiger partial charge in [-0.25, -0.2) is 8.78 Å². The van der Waals surface area contributed by atoms with Crippen molar-refractivity contribution in [3.8, 4) is 0 Å². The summed E-state index contributed by atoms with van der Waals surface area (Å²) >= 11 is 0. The van der Waals surface area contributed by atoms with Crippen LogP contribution in [0.4, 0.5) is 8.78 Å². The zero-order valence-corrected chi connectivity index (χ0v) is 6.91. The predicted octanol–water partition coefficient (Wildman–Crippen LogP) is 1.16. The molecule has 0 bridgehead atoms. The van der Waals surface area contributed by atoms with Crippen molar-refractivity contribution >= 4 is 0 Å². The summed E-state index contributed by atoms with van der Waals surface area (Å²) in [4.78, 5) is 0. The summed E-state index contributed by atoms with van der Waals surface area (Å²) in [6.07, 6.45) is 1.61. The van der Waals surface area contributed by atoms with E-state index in [0.29, 0.717) is 6.54 Å². The van der Waals surface area contributed by atoms with Gasteiger partial charge < -0.3 is 10.1 Å². The first-order chi connectivity index (χ1) is 5.62. The second-order valence-electron chi connectivity index (χ2n) is 3.78. The van der Waals surface area contributed by atoms with Crippen molar-refractivity contribution in [2.75, 3.05) is 19.7 Å². The third kappa shape index (κ3) is 1.45. The molecule has 2 heterocycles. The average Bonchev–Trinajstić information content (AvgIpc) is 2.29. The van der Waals surface area contributed by atoms with E-state index in [9.17, 15) is 8.78 Å². The molecule has 0 aromatic heterocycles. The van der Waals surface area contributed by atoms with Crippen LogP contribution in [0.5, 0.6) is 0 Å². The smallest absolute Gasteiger partial charge is 0.273 e.